The third-order valence-electron chi connectivity index (χ3n) is 1.96. The van der Waals surface area contributed by atoms with Crippen molar-refractivity contribution in [1.82, 2.24) is 19.3 Å². The highest BCUT2D eigenvalue weighted by molar-refractivity contribution is 5.26. The maximum Gasteiger partial charge on any atom is 0.130 e. The number of rotatable bonds is 2. The number of nitrogen functional groups attached to an aromatic ring is 1. The van der Waals surface area contributed by atoms with Crippen LogP contribution >= 0.6 is 0 Å². The molecule has 0 unspecified atom stereocenters. The fraction of sp³-hybridized carbons (Fsp3) is 0.250. The summed E-state index contributed by atoms with van der Waals surface area (Å²) in [5.41, 5.74) is 5.67. The zero-order valence-corrected chi connectivity index (χ0v) is 7.38. The van der Waals surface area contributed by atoms with E-state index >= 15 is 0 Å². The monoisotopic (exact) mass is 177 g/mol. The van der Waals surface area contributed by atoms with Crippen molar-refractivity contribution in [2.24, 2.45) is 7.05 Å². The summed E-state index contributed by atoms with van der Waals surface area (Å²) in [6.07, 6.45) is 5.34. The number of hydrogen-bond donors (Lipinski definition) is 1. The van der Waals surface area contributed by atoms with Crippen molar-refractivity contribution in [2.75, 3.05) is 5.73 Å². The van der Waals surface area contributed by atoms with E-state index in [1.807, 2.05) is 17.8 Å². The molecular weight excluding hydrogens is 166 g/mol. The second kappa shape index (κ2) is 2.93. The van der Waals surface area contributed by atoms with Crippen LogP contribution in [0.25, 0.3) is 0 Å². The van der Waals surface area contributed by atoms with Crippen molar-refractivity contribution in [3.05, 3.63) is 30.5 Å². The van der Waals surface area contributed by atoms with Crippen molar-refractivity contribution in [3.8, 4) is 0 Å². The molecule has 0 saturated heterocycles. The first-order valence-electron chi connectivity index (χ1n) is 4.01. The second-order valence-corrected chi connectivity index (χ2v) is 2.87. The number of anilines is 1. The number of aromatic nitrogens is 4. The summed E-state index contributed by atoms with van der Waals surface area (Å²) in [5, 5.41) is 4.07. The van der Waals surface area contributed by atoms with Crippen molar-refractivity contribution < 1.29 is 0 Å². The van der Waals surface area contributed by atoms with E-state index in [1.54, 1.807) is 23.1 Å². The third kappa shape index (κ3) is 1.40. The third-order valence-corrected chi connectivity index (χ3v) is 1.96. The van der Waals surface area contributed by atoms with Crippen LogP contribution < -0.4 is 5.73 Å². The van der Waals surface area contributed by atoms with E-state index in [0.717, 1.165) is 5.82 Å². The van der Waals surface area contributed by atoms with Gasteiger partial charge < -0.3 is 10.3 Å². The quantitative estimate of drug-likeness (QED) is 0.715. The molecule has 0 aliphatic rings. The highest BCUT2D eigenvalue weighted by atomic mass is 15.3. The van der Waals surface area contributed by atoms with Crippen molar-refractivity contribution in [2.45, 2.75) is 6.54 Å². The highest BCUT2D eigenvalue weighted by Gasteiger charge is 2.02. The van der Waals surface area contributed by atoms with Crippen LogP contribution in [0.4, 0.5) is 5.82 Å². The van der Waals surface area contributed by atoms with Gasteiger partial charge in [0.2, 0.25) is 0 Å². The zero-order chi connectivity index (χ0) is 9.26. The number of nitrogens with two attached hydrogens (primary N) is 1. The largest absolute Gasteiger partial charge is 0.384 e. The molecule has 0 amide bonds. The molecule has 13 heavy (non-hydrogen) atoms. The first-order valence-corrected chi connectivity index (χ1v) is 4.01. The Balaban J connectivity index is 2.24. The summed E-state index contributed by atoms with van der Waals surface area (Å²) in [7, 11) is 1.95. The van der Waals surface area contributed by atoms with Gasteiger partial charge in [-0.25, -0.2) is 9.67 Å². The molecule has 0 saturated carbocycles. The fourth-order valence-electron chi connectivity index (χ4n) is 1.16. The maximum atomic E-state index is 5.67. The topological polar surface area (TPSA) is 61.7 Å². The van der Waals surface area contributed by atoms with Crippen molar-refractivity contribution in [3.63, 3.8) is 0 Å². The summed E-state index contributed by atoms with van der Waals surface area (Å²) >= 11 is 0. The first-order chi connectivity index (χ1) is 6.27. The van der Waals surface area contributed by atoms with Gasteiger partial charge in [0.05, 0.1) is 6.20 Å². The molecule has 0 bridgehead atoms. The molecule has 5 nitrogen and oxygen atoms in total. The van der Waals surface area contributed by atoms with Crippen LogP contribution in [0.2, 0.25) is 0 Å². The van der Waals surface area contributed by atoms with E-state index in [0.29, 0.717) is 12.4 Å². The number of nitrogens with zero attached hydrogens (tertiary/aromatic N) is 4. The summed E-state index contributed by atoms with van der Waals surface area (Å²) < 4.78 is 3.66. The second-order valence-electron chi connectivity index (χ2n) is 2.87. The molecule has 2 N–H and O–H groups in total. The highest BCUT2D eigenvalue weighted by Crippen LogP contribution is 2.03. The van der Waals surface area contributed by atoms with E-state index < -0.39 is 0 Å². The van der Waals surface area contributed by atoms with Gasteiger partial charge in [0.1, 0.15) is 18.2 Å². The molecule has 0 aliphatic carbocycles. The predicted octanol–water partition coefficient (Wildman–Crippen LogP) is 0.247. The molecule has 0 fully saturated rings. The van der Waals surface area contributed by atoms with Gasteiger partial charge in [0.15, 0.2) is 0 Å². The number of aryl methyl sites for hydroxylation is 1. The minimum Gasteiger partial charge on any atom is -0.384 e. The predicted molar refractivity (Wildman–Crippen MR) is 48.9 cm³/mol. The van der Waals surface area contributed by atoms with Gasteiger partial charge in [-0.1, -0.05) is 0 Å². The molecule has 0 aliphatic heterocycles. The molecule has 68 valence electrons. The molecule has 2 heterocycles. The van der Waals surface area contributed by atoms with Crippen LogP contribution in [0.3, 0.4) is 0 Å². The number of imidazole rings is 1. The van der Waals surface area contributed by atoms with Crippen LogP contribution in [0, 0.1) is 0 Å². The summed E-state index contributed by atoms with van der Waals surface area (Å²) in [6, 6.07) is 1.77. The van der Waals surface area contributed by atoms with Crippen LogP contribution in [0.5, 0.6) is 0 Å². The van der Waals surface area contributed by atoms with Gasteiger partial charge in [0, 0.05) is 19.4 Å². The first kappa shape index (κ1) is 7.85. The Bertz CT molecular complexity index is 362. The Morgan fingerprint density at radius 3 is 2.85 bits per heavy atom. The molecule has 0 spiro atoms. The lowest BCUT2D eigenvalue weighted by Crippen LogP contribution is -2.09. The molecule has 0 aromatic carbocycles. The summed E-state index contributed by atoms with van der Waals surface area (Å²) in [5.74, 6) is 1.60. The van der Waals surface area contributed by atoms with Crippen LogP contribution in [0.1, 0.15) is 5.82 Å². The Morgan fingerprint density at radius 2 is 2.31 bits per heavy atom. The summed E-state index contributed by atoms with van der Waals surface area (Å²) in [4.78, 5) is 4.18. The average molecular weight is 177 g/mol. The van der Waals surface area contributed by atoms with E-state index in [9.17, 15) is 0 Å². The molecule has 2 rings (SSSR count). The lowest BCUT2D eigenvalue weighted by Gasteiger charge is -2.03. The SMILES string of the molecule is Cn1ccnc1Cn1nccc1N. The lowest BCUT2D eigenvalue weighted by atomic mass is 10.5. The molecule has 5 heteroatoms. The summed E-state index contributed by atoms with van der Waals surface area (Å²) in [6.45, 7) is 0.613. The van der Waals surface area contributed by atoms with Gasteiger partial charge >= 0.3 is 0 Å². The minimum atomic E-state index is 0.613. The van der Waals surface area contributed by atoms with Gasteiger partial charge in [-0.3, -0.25) is 0 Å². The Morgan fingerprint density at radius 1 is 1.46 bits per heavy atom. The zero-order valence-electron chi connectivity index (χ0n) is 7.38. The van der Waals surface area contributed by atoms with E-state index in [4.69, 9.17) is 5.73 Å². The van der Waals surface area contributed by atoms with E-state index in [1.165, 1.54) is 0 Å². The number of hydrogen-bond acceptors (Lipinski definition) is 3. The van der Waals surface area contributed by atoms with Crippen LogP contribution in [-0.4, -0.2) is 19.3 Å². The Hall–Kier alpha value is -1.78. The Labute approximate surface area is 75.8 Å². The molecular formula is C8H11N5. The van der Waals surface area contributed by atoms with Gasteiger partial charge in [-0.15, -0.1) is 0 Å². The smallest absolute Gasteiger partial charge is 0.130 e. The van der Waals surface area contributed by atoms with E-state index in [2.05, 4.69) is 10.1 Å². The standard InChI is InChI=1S/C8H11N5/c1-12-5-4-10-8(12)6-13-7(9)2-3-11-13/h2-5H,6,9H2,1H3. The lowest BCUT2D eigenvalue weighted by molar-refractivity contribution is 0.639. The van der Waals surface area contributed by atoms with Gasteiger partial charge in [-0.05, 0) is 6.07 Å². The van der Waals surface area contributed by atoms with Gasteiger partial charge in [-0.2, -0.15) is 5.10 Å². The fourth-order valence-corrected chi connectivity index (χ4v) is 1.16. The maximum absolute atomic E-state index is 5.67. The van der Waals surface area contributed by atoms with Crippen molar-refractivity contribution in [1.29, 1.82) is 0 Å². The average Bonchev–Trinajstić information content (AvgIpc) is 2.65. The molecule has 2 aromatic heterocycles. The molecule has 0 atom stereocenters. The molecule has 2 aromatic rings. The molecule has 0 radical (unpaired) electrons. The Kier molecular flexibility index (Phi) is 1.77. The van der Waals surface area contributed by atoms with Gasteiger partial charge in [0.25, 0.3) is 0 Å². The van der Waals surface area contributed by atoms with Crippen LogP contribution in [-0.2, 0) is 13.6 Å². The van der Waals surface area contributed by atoms with Crippen LogP contribution in [0.15, 0.2) is 24.7 Å². The minimum absolute atomic E-state index is 0.613. The normalized spacial score (nSPS) is 10.5. The van der Waals surface area contributed by atoms with E-state index in [-0.39, 0.29) is 0 Å². The van der Waals surface area contributed by atoms with Crippen molar-refractivity contribution >= 4 is 5.82 Å².